The molecule has 28 heavy (non-hydrogen) atoms. The molecule has 1 atom stereocenters. The summed E-state index contributed by atoms with van der Waals surface area (Å²) < 4.78 is 32.9. The van der Waals surface area contributed by atoms with Gasteiger partial charge in [0.05, 0.1) is 18.2 Å². The van der Waals surface area contributed by atoms with Gasteiger partial charge in [-0.2, -0.15) is 0 Å². The molecular weight excluding hydrogens is 378 g/mol. The van der Waals surface area contributed by atoms with Crippen molar-refractivity contribution in [2.75, 3.05) is 27.2 Å². The van der Waals surface area contributed by atoms with Crippen molar-refractivity contribution in [1.29, 1.82) is 0 Å². The molecule has 1 aliphatic rings. The third-order valence-corrected chi connectivity index (χ3v) is 6.81. The molecule has 3 rings (SSSR count). The van der Waals surface area contributed by atoms with Crippen LogP contribution in [-0.2, 0) is 16.7 Å². The van der Waals surface area contributed by atoms with Crippen molar-refractivity contribution in [1.82, 2.24) is 13.8 Å². The number of hydrogen-bond donors (Lipinski definition) is 0. The fourth-order valence-corrected chi connectivity index (χ4v) is 4.43. The van der Waals surface area contributed by atoms with E-state index in [1.807, 2.05) is 19.1 Å². The molecule has 2 aromatic rings. The van der Waals surface area contributed by atoms with Gasteiger partial charge in [-0.25, -0.2) is 12.7 Å². The summed E-state index contributed by atoms with van der Waals surface area (Å²) in [6.07, 6.45) is 3.46. The van der Waals surface area contributed by atoms with E-state index < -0.39 is 10.0 Å². The molecule has 1 aromatic carbocycles. The van der Waals surface area contributed by atoms with Crippen LogP contribution >= 0.6 is 0 Å². The first kappa shape index (κ1) is 20.6. The molecule has 0 aliphatic carbocycles. The van der Waals surface area contributed by atoms with Crippen LogP contribution in [0.3, 0.4) is 0 Å². The number of sulfonamides is 1. The number of rotatable bonds is 7. The molecular formula is C20H27N3O4S. The van der Waals surface area contributed by atoms with Crippen molar-refractivity contribution < 1.29 is 13.2 Å². The minimum atomic E-state index is -3.58. The zero-order valence-electron chi connectivity index (χ0n) is 16.5. The summed E-state index contributed by atoms with van der Waals surface area (Å²) in [6.45, 7) is 3.79. The van der Waals surface area contributed by atoms with E-state index in [2.05, 4.69) is 17.0 Å². The minimum Gasteiger partial charge on any atom is -0.494 e. The monoisotopic (exact) mass is 405 g/mol. The van der Waals surface area contributed by atoms with Crippen LogP contribution in [0.15, 0.2) is 52.3 Å². The smallest absolute Gasteiger partial charge is 0.251 e. The van der Waals surface area contributed by atoms with E-state index in [1.54, 1.807) is 0 Å². The lowest BCUT2D eigenvalue weighted by atomic mass is 10.0. The Kier molecular flexibility index (Phi) is 6.22. The van der Waals surface area contributed by atoms with Crippen molar-refractivity contribution in [2.24, 2.45) is 0 Å². The molecule has 8 heteroatoms. The highest BCUT2D eigenvalue weighted by atomic mass is 32.2. The van der Waals surface area contributed by atoms with Gasteiger partial charge in [0.15, 0.2) is 0 Å². The topological polar surface area (TPSA) is 71.8 Å². The highest BCUT2D eigenvalue weighted by Crippen LogP contribution is 2.33. The van der Waals surface area contributed by atoms with E-state index in [1.165, 1.54) is 42.6 Å². The lowest BCUT2D eigenvalue weighted by molar-refractivity contribution is 0.198. The van der Waals surface area contributed by atoms with Crippen LogP contribution in [0.1, 0.15) is 31.4 Å². The van der Waals surface area contributed by atoms with Crippen molar-refractivity contribution in [3.8, 4) is 5.75 Å². The fourth-order valence-electron chi connectivity index (χ4n) is 3.50. The second-order valence-corrected chi connectivity index (χ2v) is 9.23. The van der Waals surface area contributed by atoms with E-state index in [0.717, 1.165) is 29.4 Å². The van der Waals surface area contributed by atoms with Crippen LogP contribution in [-0.4, -0.2) is 49.4 Å². The highest BCUT2D eigenvalue weighted by molar-refractivity contribution is 7.89. The zero-order valence-corrected chi connectivity index (χ0v) is 17.4. The molecule has 0 saturated carbocycles. The normalized spacial score (nSPS) is 17.9. The Morgan fingerprint density at radius 1 is 1.14 bits per heavy atom. The van der Waals surface area contributed by atoms with E-state index >= 15 is 0 Å². The number of benzene rings is 1. The quantitative estimate of drug-likeness (QED) is 0.707. The summed E-state index contributed by atoms with van der Waals surface area (Å²) in [7, 11) is -0.626. The second-order valence-electron chi connectivity index (χ2n) is 7.07. The SMILES string of the molecule is CCOc1ccc([C@H]2CCCN2Cn2cc(S(=O)(=O)N(C)C)ccc2=O)cc1. The average Bonchev–Trinajstić information content (AvgIpc) is 3.12. The lowest BCUT2D eigenvalue weighted by Crippen LogP contribution is -2.32. The molecule has 152 valence electrons. The van der Waals surface area contributed by atoms with Crippen LogP contribution < -0.4 is 10.3 Å². The Hall–Kier alpha value is -2.16. The molecule has 0 N–H and O–H groups in total. The molecule has 1 saturated heterocycles. The Morgan fingerprint density at radius 3 is 2.50 bits per heavy atom. The predicted molar refractivity (Wildman–Crippen MR) is 108 cm³/mol. The van der Waals surface area contributed by atoms with Gasteiger partial charge in [-0.05, 0) is 43.5 Å². The first-order valence-corrected chi connectivity index (χ1v) is 10.9. The number of ether oxygens (including phenoxy) is 1. The van der Waals surface area contributed by atoms with Crippen LogP contribution in [0, 0.1) is 0 Å². The molecule has 0 spiro atoms. The van der Waals surface area contributed by atoms with Gasteiger partial charge in [0.1, 0.15) is 5.75 Å². The minimum absolute atomic E-state index is 0.119. The molecule has 2 heterocycles. The molecule has 0 amide bonds. The third kappa shape index (κ3) is 4.29. The van der Waals surface area contributed by atoms with Crippen molar-refractivity contribution in [2.45, 2.75) is 37.4 Å². The molecule has 1 fully saturated rings. The Balaban J connectivity index is 1.83. The first-order valence-electron chi connectivity index (χ1n) is 9.42. The van der Waals surface area contributed by atoms with E-state index in [-0.39, 0.29) is 16.5 Å². The van der Waals surface area contributed by atoms with Gasteiger partial charge in [0.2, 0.25) is 10.0 Å². The maximum atomic E-state index is 12.4. The molecule has 0 unspecified atom stereocenters. The summed E-state index contributed by atoms with van der Waals surface area (Å²) in [5.41, 5.74) is 0.959. The lowest BCUT2D eigenvalue weighted by Gasteiger charge is -2.26. The van der Waals surface area contributed by atoms with Gasteiger partial charge in [0.25, 0.3) is 5.56 Å². The number of hydrogen-bond acceptors (Lipinski definition) is 5. The highest BCUT2D eigenvalue weighted by Gasteiger charge is 2.27. The van der Waals surface area contributed by atoms with Crippen molar-refractivity contribution >= 4 is 10.0 Å². The summed E-state index contributed by atoms with van der Waals surface area (Å²) in [6, 6.07) is 10.9. The maximum absolute atomic E-state index is 12.4. The van der Waals surface area contributed by atoms with Crippen LogP contribution in [0.5, 0.6) is 5.75 Å². The molecule has 1 aromatic heterocycles. The maximum Gasteiger partial charge on any atom is 0.251 e. The Labute approximate surface area is 166 Å². The molecule has 7 nitrogen and oxygen atoms in total. The van der Waals surface area contributed by atoms with Gasteiger partial charge in [-0.15, -0.1) is 0 Å². The number of likely N-dealkylation sites (tertiary alicyclic amines) is 1. The first-order chi connectivity index (χ1) is 13.3. The van der Waals surface area contributed by atoms with Crippen LogP contribution in [0.2, 0.25) is 0 Å². The van der Waals surface area contributed by atoms with Gasteiger partial charge >= 0.3 is 0 Å². The summed E-state index contributed by atoms with van der Waals surface area (Å²) in [4.78, 5) is 14.7. The van der Waals surface area contributed by atoms with E-state index in [0.29, 0.717) is 13.3 Å². The van der Waals surface area contributed by atoms with Gasteiger partial charge < -0.3 is 9.30 Å². The number of nitrogens with zero attached hydrogens (tertiary/aromatic N) is 3. The molecule has 1 aliphatic heterocycles. The standard InChI is InChI=1S/C20H27N3O4S/c1-4-27-17-9-7-16(8-10-17)19-6-5-13-22(19)15-23-14-18(11-12-20(23)24)28(25,26)21(2)3/h7-12,14,19H,4-6,13,15H2,1-3H3/t19-/m1/s1. The zero-order chi connectivity index (χ0) is 20.3. The van der Waals surface area contributed by atoms with Crippen LogP contribution in [0.4, 0.5) is 0 Å². The van der Waals surface area contributed by atoms with Gasteiger partial charge in [0, 0.05) is 38.9 Å². The van der Waals surface area contributed by atoms with Crippen LogP contribution in [0.25, 0.3) is 0 Å². The van der Waals surface area contributed by atoms with Gasteiger partial charge in [-0.1, -0.05) is 12.1 Å². The fraction of sp³-hybridized carbons (Fsp3) is 0.450. The van der Waals surface area contributed by atoms with E-state index in [4.69, 9.17) is 4.74 Å². The summed E-state index contributed by atoms with van der Waals surface area (Å²) in [5, 5.41) is 0. The van der Waals surface area contributed by atoms with Gasteiger partial charge in [-0.3, -0.25) is 9.69 Å². The third-order valence-electron chi connectivity index (χ3n) is 5.01. The average molecular weight is 406 g/mol. The second kappa shape index (κ2) is 8.46. The summed E-state index contributed by atoms with van der Waals surface area (Å²) in [5.74, 6) is 0.841. The largest absolute Gasteiger partial charge is 0.494 e. The summed E-state index contributed by atoms with van der Waals surface area (Å²) >= 11 is 0. The number of pyridine rings is 1. The number of aromatic nitrogens is 1. The predicted octanol–water partition coefficient (Wildman–Crippen LogP) is 2.29. The molecule has 0 bridgehead atoms. The molecule has 0 radical (unpaired) electrons. The van der Waals surface area contributed by atoms with E-state index in [9.17, 15) is 13.2 Å². The Morgan fingerprint density at radius 2 is 1.86 bits per heavy atom. The Bertz CT molecular complexity index is 968. The van der Waals surface area contributed by atoms with Crippen molar-refractivity contribution in [3.63, 3.8) is 0 Å². The van der Waals surface area contributed by atoms with Crippen molar-refractivity contribution in [3.05, 3.63) is 58.5 Å².